The standard InChI is InChI=1S/C16H12Cl2N2O/c17-12-7-14(19)16(8-13(12)18)21-9-10-3-4-15-11(6-10)2-1-5-20-15/h1-8H,9,19H2. The molecule has 3 rings (SSSR count). The minimum atomic E-state index is 0.396. The SMILES string of the molecule is Nc1cc(Cl)c(Cl)cc1OCc1ccc2ncccc2c1. The van der Waals surface area contributed by atoms with Gasteiger partial charge in [-0.2, -0.15) is 0 Å². The van der Waals surface area contributed by atoms with Gasteiger partial charge in [0, 0.05) is 17.6 Å². The minimum absolute atomic E-state index is 0.396. The Morgan fingerprint density at radius 1 is 1.05 bits per heavy atom. The van der Waals surface area contributed by atoms with Gasteiger partial charge in [0.2, 0.25) is 0 Å². The van der Waals surface area contributed by atoms with Crippen LogP contribution >= 0.6 is 23.2 Å². The number of nitrogens with zero attached hydrogens (tertiary/aromatic N) is 1. The van der Waals surface area contributed by atoms with Gasteiger partial charge in [-0.3, -0.25) is 4.98 Å². The van der Waals surface area contributed by atoms with Gasteiger partial charge in [-0.25, -0.2) is 0 Å². The van der Waals surface area contributed by atoms with E-state index in [1.54, 1.807) is 18.3 Å². The molecule has 21 heavy (non-hydrogen) atoms. The lowest BCUT2D eigenvalue weighted by molar-refractivity contribution is 0.308. The summed E-state index contributed by atoms with van der Waals surface area (Å²) in [7, 11) is 0. The summed E-state index contributed by atoms with van der Waals surface area (Å²) in [6, 6.07) is 13.1. The summed E-state index contributed by atoms with van der Waals surface area (Å²) in [5.41, 5.74) is 8.31. The van der Waals surface area contributed by atoms with Crippen molar-refractivity contribution >= 4 is 39.8 Å². The zero-order chi connectivity index (χ0) is 14.8. The van der Waals surface area contributed by atoms with E-state index in [1.165, 1.54) is 0 Å². The molecule has 0 saturated heterocycles. The molecule has 2 aromatic carbocycles. The van der Waals surface area contributed by atoms with Crippen LogP contribution < -0.4 is 10.5 Å². The number of aromatic nitrogens is 1. The summed E-state index contributed by atoms with van der Waals surface area (Å²) in [5, 5.41) is 1.91. The lowest BCUT2D eigenvalue weighted by Crippen LogP contribution is -1.99. The summed E-state index contributed by atoms with van der Waals surface area (Å²) in [6.07, 6.45) is 1.77. The van der Waals surface area contributed by atoms with E-state index in [0.29, 0.717) is 28.1 Å². The maximum Gasteiger partial charge on any atom is 0.144 e. The molecule has 0 atom stereocenters. The summed E-state index contributed by atoms with van der Waals surface area (Å²) < 4.78 is 5.72. The maximum atomic E-state index is 5.97. The van der Waals surface area contributed by atoms with Crippen LogP contribution in [-0.2, 0) is 6.61 Å². The Labute approximate surface area is 132 Å². The van der Waals surface area contributed by atoms with Crippen molar-refractivity contribution in [3.8, 4) is 5.75 Å². The number of rotatable bonds is 3. The summed E-state index contributed by atoms with van der Waals surface area (Å²) in [6.45, 7) is 0.396. The molecule has 0 unspecified atom stereocenters. The van der Waals surface area contributed by atoms with Gasteiger partial charge in [0.1, 0.15) is 12.4 Å². The topological polar surface area (TPSA) is 48.1 Å². The van der Waals surface area contributed by atoms with Crippen molar-refractivity contribution in [2.24, 2.45) is 0 Å². The van der Waals surface area contributed by atoms with E-state index in [0.717, 1.165) is 16.5 Å². The van der Waals surface area contributed by atoms with Crippen LogP contribution in [0.25, 0.3) is 10.9 Å². The molecule has 0 aliphatic rings. The second-order valence-corrected chi connectivity index (χ2v) is 5.44. The van der Waals surface area contributed by atoms with Crippen molar-refractivity contribution in [1.29, 1.82) is 0 Å². The molecular formula is C16H12Cl2N2O. The lowest BCUT2D eigenvalue weighted by atomic mass is 10.1. The highest BCUT2D eigenvalue weighted by molar-refractivity contribution is 6.42. The Morgan fingerprint density at radius 3 is 2.71 bits per heavy atom. The van der Waals surface area contributed by atoms with E-state index in [4.69, 9.17) is 33.7 Å². The Morgan fingerprint density at radius 2 is 1.86 bits per heavy atom. The predicted molar refractivity (Wildman–Crippen MR) is 86.9 cm³/mol. The molecule has 5 heteroatoms. The molecule has 1 aromatic heterocycles. The van der Waals surface area contributed by atoms with Crippen LogP contribution in [0.4, 0.5) is 5.69 Å². The Balaban J connectivity index is 1.81. The molecule has 0 spiro atoms. The van der Waals surface area contributed by atoms with Crippen LogP contribution in [0.2, 0.25) is 10.0 Å². The molecule has 1 heterocycles. The van der Waals surface area contributed by atoms with Crippen LogP contribution in [-0.4, -0.2) is 4.98 Å². The van der Waals surface area contributed by atoms with Crippen LogP contribution in [0, 0.1) is 0 Å². The van der Waals surface area contributed by atoms with Gasteiger partial charge in [-0.05, 0) is 29.8 Å². The van der Waals surface area contributed by atoms with Crippen molar-refractivity contribution in [3.63, 3.8) is 0 Å². The number of ether oxygens (including phenoxy) is 1. The van der Waals surface area contributed by atoms with E-state index >= 15 is 0 Å². The minimum Gasteiger partial charge on any atom is -0.487 e. The number of nitrogen functional groups attached to an aromatic ring is 1. The number of pyridine rings is 1. The Hall–Kier alpha value is -1.97. The molecule has 0 amide bonds. The maximum absolute atomic E-state index is 5.97. The van der Waals surface area contributed by atoms with E-state index in [9.17, 15) is 0 Å². The number of halogens is 2. The van der Waals surface area contributed by atoms with Crippen molar-refractivity contribution < 1.29 is 4.74 Å². The lowest BCUT2D eigenvalue weighted by Gasteiger charge is -2.10. The van der Waals surface area contributed by atoms with Crippen LogP contribution in [0.3, 0.4) is 0 Å². The fourth-order valence-electron chi connectivity index (χ4n) is 2.04. The number of hydrogen-bond acceptors (Lipinski definition) is 3. The summed E-state index contributed by atoms with van der Waals surface area (Å²) in [4.78, 5) is 4.28. The Bertz CT molecular complexity index is 805. The number of hydrogen-bond donors (Lipinski definition) is 1. The monoisotopic (exact) mass is 318 g/mol. The molecule has 0 aliphatic heterocycles. The molecule has 3 nitrogen and oxygen atoms in total. The average Bonchev–Trinajstić information content (AvgIpc) is 2.49. The second-order valence-electron chi connectivity index (χ2n) is 4.62. The third-order valence-corrected chi connectivity index (χ3v) is 3.84. The van der Waals surface area contributed by atoms with Crippen molar-refractivity contribution in [3.05, 3.63) is 64.3 Å². The number of fused-ring (bicyclic) bond motifs is 1. The third kappa shape index (κ3) is 3.04. The first-order valence-electron chi connectivity index (χ1n) is 6.34. The van der Waals surface area contributed by atoms with Gasteiger partial charge in [-0.15, -0.1) is 0 Å². The predicted octanol–water partition coefficient (Wildman–Crippen LogP) is 4.70. The fraction of sp³-hybridized carbons (Fsp3) is 0.0625. The Kier molecular flexibility index (Phi) is 3.86. The zero-order valence-corrected chi connectivity index (χ0v) is 12.5. The van der Waals surface area contributed by atoms with Crippen LogP contribution in [0.15, 0.2) is 48.7 Å². The highest BCUT2D eigenvalue weighted by Gasteiger charge is 2.07. The smallest absolute Gasteiger partial charge is 0.144 e. The van der Waals surface area contributed by atoms with E-state index < -0.39 is 0 Å². The first kappa shape index (κ1) is 14.0. The molecule has 0 saturated carbocycles. The molecule has 3 aromatic rings. The van der Waals surface area contributed by atoms with Gasteiger partial charge < -0.3 is 10.5 Å². The van der Waals surface area contributed by atoms with Gasteiger partial charge in [-0.1, -0.05) is 35.3 Å². The number of anilines is 1. The molecule has 0 fully saturated rings. The molecule has 0 radical (unpaired) electrons. The van der Waals surface area contributed by atoms with Gasteiger partial charge in [0.15, 0.2) is 0 Å². The van der Waals surface area contributed by atoms with Crippen LogP contribution in [0.1, 0.15) is 5.56 Å². The normalized spacial score (nSPS) is 10.8. The third-order valence-electron chi connectivity index (χ3n) is 3.11. The quantitative estimate of drug-likeness (QED) is 0.712. The first-order chi connectivity index (χ1) is 10.1. The van der Waals surface area contributed by atoms with Crippen molar-refractivity contribution in [2.75, 3.05) is 5.73 Å². The highest BCUT2D eigenvalue weighted by Crippen LogP contribution is 2.32. The van der Waals surface area contributed by atoms with Gasteiger partial charge in [0.25, 0.3) is 0 Å². The fourth-order valence-corrected chi connectivity index (χ4v) is 2.37. The average molecular weight is 319 g/mol. The molecule has 106 valence electrons. The molecular weight excluding hydrogens is 307 g/mol. The van der Waals surface area contributed by atoms with Crippen molar-refractivity contribution in [1.82, 2.24) is 4.98 Å². The van der Waals surface area contributed by atoms with Crippen LogP contribution in [0.5, 0.6) is 5.75 Å². The molecule has 0 aliphatic carbocycles. The highest BCUT2D eigenvalue weighted by atomic mass is 35.5. The molecule has 0 bridgehead atoms. The number of nitrogens with two attached hydrogens (primary N) is 1. The zero-order valence-electron chi connectivity index (χ0n) is 11.0. The summed E-state index contributed by atoms with van der Waals surface area (Å²) >= 11 is 11.9. The second kappa shape index (κ2) is 5.80. The van der Waals surface area contributed by atoms with Gasteiger partial charge >= 0.3 is 0 Å². The molecule has 2 N–H and O–H groups in total. The summed E-state index contributed by atoms with van der Waals surface area (Å²) in [5.74, 6) is 0.524. The van der Waals surface area contributed by atoms with Gasteiger partial charge in [0.05, 0.1) is 21.2 Å². The largest absolute Gasteiger partial charge is 0.487 e. The first-order valence-corrected chi connectivity index (χ1v) is 7.10. The van der Waals surface area contributed by atoms with E-state index in [1.807, 2.05) is 30.3 Å². The van der Waals surface area contributed by atoms with E-state index in [-0.39, 0.29) is 0 Å². The van der Waals surface area contributed by atoms with E-state index in [2.05, 4.69) is 4.98 Å². The number of benzene rings is 2. The van der Waals surface area contributed by atoms with Crippen molar-refractivity contribution in [2.45, 2.75) is 6.61 Å².